The standard InChI is InChI=1S/C12H18N2O3/c13-6-2-1-3-7-14-12(17)9-4-5-10(15)11(16)8-9/h4-5,8,15-16H,1-3,6-7,13H2,(H,14,17). The van der Waals surface area contributed by atoms with Crippen molar-refractivity contribution >= 4 is 5.91 Å². The van der Waals surface area contributed by atoms with Crippen LogP contribution in [0, 0.1) is 0 Å². The van der Waals surface area contributed by atoms with Gasteiger partial charge in [0, 0.05) is 12.1 Å². The number of unbranched alkanes of at least 4 members (excludes halogenated alkanes) is 2. The van der Waals surface area contributed by atoms with Crippen LogP contribution in [0.15, 0.2) is 18.2 Å². The normalized spacial score (nSPS) is 10.2. The van der Waals surface area contributed by atoms with Crippen LogP contribution in [0.1, 0.15) is 29.6 Å². The molecule has 94 valence electrons. The molecule has 0 aliphatic carbocycles. The number of phenolic OH excluding ortho intramolecular Hbond substituents is 2. The van der Waals surface area contributed by atoms with Gasteiger partial charge in [0.1, 0.15) is 0 Å². The van der Waals surface area contributed by atoms with Gasteiger partial charge in [-0.25, -0.2) is 0 Å². The van der Waals surface area contributed by atoms with Crippen molar-refractivity contribution in [2.45, 2.75) is 19.3 Å². The van der Waals surface area contributed by atoms with Gasteiger partial charge >= 0.3 is 0 Å². The highest BCUT2D eigenvalue weighted by molar-refractivity contribution is 5.94. The van der Waals surface area contributed by atoms with Crippen LogP contribution >= 0.6 is 0 Å². The average Bonchev–Trinajstić information content (AvgIpc) is 2.32. The zero-order chi connectivity index (χ0) is 12.7. The lowest BCUT2D eigenvalue weighted by molar-refractivity contribution is 0.0952. The molecule has 0 saturated carbocycles. The third-order valence-electron chi connectivity index (χ3n) is 2.40. The van der Waals surface area contributed by atoms with Gasteiger partial charge in [-0.2, -0.15) is 0 Å². The summed E-state index contributed by atoms with van der Waals surface area (Å²) < 4.78 is 0. The van der Waals surface area contributed by atoms with Gasteiger partial charge in [-0.15, -0.1) is 0 Å². The molecule has 0 bridgehead atoms. The highest BCUT2D eigenvalue weighted by Gasteiger charge is 2.07. The van der Waals surface area contributed by atoms with E-state index in [1.54, 1.807) is 0 Å². The first-order valence-corrected chi connectivity index (χ1v) is 5.65. The van der Waals surface area contributed by atoms with Crippen LogP contribution in [0.3, 0.4) is 0 Å². The van der Waals surface area contributed by atoms with E-state index in [9.17, 15) is 9.90 Å². The van der Waals surface area contributed by atoms with Crippen LogP contribution in [-0.4, -0.2) is 29.2 Å². The third-order valence-corrected chi connectivity index (χ3v) is 2.40. The fourth-order valence-corrected chi connectivity index (χ4v) is 1.41. The van der Waals surface area contributed by atoms with Crippen LogP contribution in [0.4, 0.5) is 0 Å². The van der Waals surface area contributed by atoms with Crippen molar-refractivity contribution in [3.8, 4) is 11.5 Å². The van der Waals surface area contributed by atoms with Gasteiger partial charge in [-0.05, 0) is 37.6 Å². The number of rotatable bonds is 6. The van der Waals surface area contributed by atoms with Crippen LogP contribution in [0.25, 0.3) is 0 Å². The summed E-state index contributed by atoms with van der Waals surface area (Å²) in [5, 5.41) is 21.1. The van der Waals surface area contributed by atoms with E-state index in [0.717, 1.165) is 19.3 Å². The molecule has 1 amide bonds. The van der Waals surface area contributed by atoms with Gasteiger partial charge in [-0.1, -0.05) is 6.42 Å². The number of carbonyl (C=O) groups is 1. The van der Waals surface area contributed by atoms with Crippen molar-refractivity contribution < 1.29 is 15.0 Å². The van der Waals surface area contributed by atoms with Crippen molar-refractivity contribution in [3.63, 3.8) is 0 Å². The molecule has 1 aromatic rings. The first-order valence-electron chi connectivity index (χ1n) is 5.65. The molecule has 5 heteroatoms. The number of aromatic hydroxyl groups is 2. The van der Waals surface area contributed by atoms with E-state index in [0.29, 0.717) is 18.7 Å². The Labute approximate surface area is 100 Å². The highest BCUT2D eigenvalue weighted by Crippen LogP contribution is 2.24. The van der Waals surface area contributed by atoms with E-state index >= 15 is 0 Å². The van der Waals surface area contributed by atoms with E-state index in [2.05, 4.69) is 5.32 Å². The predicted molar refractivity (Wildman–Crippen MR) is 65.0 cm³/mol. The van der Waals surface area contributed by atoms with Crippen molar-refractivity contribution in [1.29, 1.82) is 0 Å². The van der Waals surface area contributed by atoms with Gasteiger partial charge < -0.3 is 21.3 Å². The molecule has 0 unspecified atom stereocenters. The summed E-state index contributed by atoms with van der Waals surface area (Å²) in [7, 11) is 0. The van der Waals surface area contributed by atoms with Crippen molar-refractivity contribution in [2.75, 3.05) is 13.1 Å². The Balaban J connectivity index is 2.39. The smallest absolute Gasteiger partial charge is 0.251 e. The zero-order valence-electron chi connectivity index (χ0n) is 9.65. The molecule has 0 saturated heterocycles. The van der Waals surface area contributed by atoms with Gasteiger partial charge in [0.05, 0.1) is 0 Å². The molecule has 0 fully saturated rings. The van der Waals surface area contributed by atoms with Gasteiger partial charge in [0.2, 0.25) is 0 Å². The molecular formula is C12H18N2O3. The second-order valence-corrected chi connectivity index (χ2v) is 3.81. The van der Waals surface area contributed by atoms with Crippen LogP contribution < -0.4 is 11.1 Å². The summed E-state index contributed by atoms with van der Waals surface area (Å²) in [4.78, 5) is 11.6. The van der Waals surface area contributed by atoms with E-state index < -0.39 is 0 Å². The maximum absolute atomic E-state index is 11.6. The van der Waals surface area contributed by atoms with Crippen LogP contribution in [0.5, 0.6) is 11.5 Å². The van der Waals surface area contributed by atoms with Gasteiger partial charge in [0.15, 0.2) is 11.5 Å². The van der Waals surface area contributed by atoms with E-state index in [4.69, 9.17) is 10.8 Å². The first kappa shape index (κ1) is 13.3. The molecule has 1 rings (SSSR count). The molecule has 0 aliphatic heterocycles. The molecule has 0 radical (unpaired) electrons. The molecule has 1 aromatic carbocycles. The van der Waals surface area contributed by atoms with Crippen molar-refractivity contribution in [2.24, 2.45) is 5.73 Å². The maximum atomic E-state index is 11.6. The quantitative estimate of drug-likeness (QED) is 0.438. The predicted octanol–water partition coefficient (Wildman–Crippen LogP) is 0.957. The molecule has 0 aliphatic rings. The van der Waals surface area contributed by atoms with Crippen molar-refractivity contribution in [1.82, 2.24) is 5.32 Å². The Hall–Kier alpha value is -1.75. The molecule has 0 spiro atoms. The molecule has 0 heterocycles. The Kier molecular flexibility index (Phi) is 5.29. The van der Waals surface area contributed by atoms with E-state index in [-0.39, 0.29) is 17.4 Å². The number of nitrogens with two attached hydrogens (primary N) is 1. The Bertz CT molecular complexity index is 380. The molecule has 0 aromatic heterocycles. The number of carbonyl (C=O) groups excluding carboxylic acids is 1. The number of hydrogen-bond donors (Lipinski definition) is 4. The Morgan fingerprint density at radius 2 is 1.94 bits per heavy atom. The maximum Gasteiger partial charge on any atom is 0.251 e. The second kappa shape index (κ2) is 6.75. The highest BCUT2D eigenvalue weighted by atomic mass is 16.3. The van der Waals surface area contributed by atoms with Gasteiger partial charge in [0.25, 0.3) is 5.91 Å². The third kappa shape index (κ3) is 4.32. The molecular weight excluding hydrogens is 220 g/mol. The summed E-state index contributed by atoms with van der Waals surface area (Å²) in [6.07, 6.45) is 2.82. The summed E-state index contributed by atoms with van der Waals surface area (Å²) in [6.45, 7) is 1.25. The number of benzene rings is 1. The molecule has 5 nitrogen and oxygen atoms in total. The molecule has 5 N–H and O–H groups in total. The summed E-state index contributed by atoms with van der Waals surface area (Å²) >= 11 is 0. The molecule has 0 atom stereocenters. The summed E-state index contributed by atoms with van der Waals surface area (Å²) in [5.41, 5.74) is 5.69. The fraction of sp³-hybridized carbons (Fsp3) is 0.417. The number of nitrogens with one attached hydrogen (secondary N) is 1. The van der Waals surface area contributed by atoms with E-state index in [1.165, 1.54) is 18.2 Å². The first-order chi connectivity index (χ1) is 8.15. The summed E-state index contributed by atoms with van der Waals surface area (Å²) in [6, 6.07) is 3.99. The molecule has 17 heavy (non-hydrogen) atoms. The number of hydrogen-bond acceptors (Lipinski definition) is 4. The topological polar surface area (TPSA) is 95.6 Å². The summed E-state index contributed by atoms with van der Waals surface area (Å²) in [5.74, 6) is -0.779. The van der Waals surface area contributed by atoms with Crippen LogP contribution in [0.2, 0.25) is 0 Å². The lowest BCUT2D eigenvalue weighted by atomic mass is 10.2. The zero-order valence-corrected chi connectivity index (χ0v) is 9.65. The lowest BCUT2D eigenvalue weighted by Gasteiger charge is -2.05. The van der Waals surface area contributed by atoms with Crippen LogP contribution in [-0.2, 0) is 0 Å². The van der Waals surface area contributed by atoms with E-state index in [1.807, 2.05) is 0 Å². The minimum Gasteiger partial charge on any atom is -0.504 e. The van der Waals surface area contributed by atoms with Crippen molar-refractivity contribution in [3.05, 3.63) is 23.8 Å². The number of phenols is 2. The Morgan fingerprint density at radius 1 is 1.18 bits per heavy atom. The Morgan fingerprint density at radius 3 is 2.59 bits per heavy atom. The minimum absolute atomic E-state index is 0.232. The lowest BCUT2D eigenvalue weighted by Crippen LogP contribution is -2.24. The minimum atomic E-state index is -0.291. The van der Waals surface area contributed by atoms with Gasteiger partial charge in [-0.3, -0.25) is 4.79 Å². The monoisotopic (exact) mass is 238 g/mol. The average molecular weight is 238 g/mol. The SMILES string of the molecule is NCCCCCNC(=O)c1ccc(O)c(O)c1. The fourth-order valence-electron chi connectivity index (χ4n) is 1.41. The number of amides is 1. The second-order valence-electron chi connectivity index (χ2n) is 3.81. The largest absolute Gasteiger partial charge is 0.504 e.